The molecule has 2 atom stereocenters. The first-order chi connectivity index (χ1) is 21.4. The van der Waals surface area contributed by atoms with Gasteiger partial charge in [0.2, 0.25) is 5.91 Å². The average Bonchev–Trinajstić information content (AvgIpc) is 3.70. The summed E-state index contributed by atoms with van der Waals surface area (Å²) >= 11 is 6.40. The molecule has 0 unspecified atom stereocenters. The molecule has 11 heteroatoms. The van der Waals surface area contributed by atoms with Gasteiger partial charge in [0.05, 0.1) is 28.0 Å². The summed E-state index contributed by atoms with van der Waals surface area (Å²) in [5, 5.41) is 1.42. The number of likely N-dealkylation sites (tertiary alicyclic amines) is 1. The Labute approximate surface area is 258 Å². The summed E-state index contributed by atoms with van der Waals surface area (Å²) in [6.45, 7) is 7.36. The van der Waals surface area contributed by atoms with Crippen LogP contribution in [-0.2, 0) is 4.79 Å². The molecular weight excluding hydrogens is 586 g/mol. The van der Waals surface area contributed by atoms with Gasteiger partial charge in [-0.1, -0.05) is 42.4 Å². The Balaban J connectivity index is 1.23. The Morgan fingerprint density at radius 1 is 1.11 bits per heavy atom. The molecule has 2 aromatic heterocycles. The third kappa shape index (κ3) is 4.10. The number of aromatic nitrogens is 3. The van der Waals surface area contributed by atoms with Gasteiger partial charge in [-0.05, 0) is 62.7 Å². The minimum atomic E-state index is -0.655. The van der Waals surface area contributed by atoms with E-state index >= 15 is 4.39 Å². The third-order valence-electron chi connectivity index (χ3n) is 10.1. The van der Waals surface area contributed by atoms with Crippen LogP contribution in [0.1, 0.15) is 32.1 Å². The second-order valence-corrected chi connectivity index (χ2v) is 12.7. The number of benzene rings is 2. The molecule has 8 rings (SSSR count). The van der Waals surface area contributed by atoms with Crippen LogP contribution in [0.3, 0.4) is 0 Å². The lowest BCUT2D eigenvalue weighted by atomic mass is 9.95. The van der Waals surface area contributed by atoms with Crippen LogP contribution in [0.25, 0.3) is 32.9 Å². The van der Waals surface area contributed by atoms with E-state index in [1.54, 1.807) is 30.5 Å². The Morgan fingerprint density at radius 3 is 2.73 bits per heavy atom. The maximum atomic E-state index is 16.7. The SMILES string of the molecule is C=CC(=O)N1CC[C@@H]2[C@H]1CN2c1nc(OCC23CCCN2CCC3)nc2c(F)c(-c3cccc4ccc(F)c(Cl)c34)ncc12. The van der Waals surface area contributed by atoms with E-state index in [4.69, 9.17) is 21.3 Å². The van der Waals surface area contributed by atoms with Crippen molar-refractivity contribution >= 4 is 45.0 Å². The number of anilines is 1. The van der Waals surface area contributed by atoms with Crippen LogP contribution in [0.5, 0.6) is 6.01 Å². The van der Waals surface area contributed by atoms with Crippen LogP contribution < -0.4 is 9.64 Å². The van der Waals surface area contributed by atoms with Crippen molar-refractivity contribution in [3.8, 4) is 17.3 Å². The molecule has 1 amide bonds. The fraction of sp³-hybridized carbons (Fsp3) is 0.394. The van der Waals surface area contributed by atoms with Crippen molar-refractivity contribution in [2.75, 3.05) is 37.7 Å². The highest BCUT2D eigenvalue weighted by atomic mass is 35.5. The highest BCUT2D eigenvalue weighted by Gasteiger charge is 2.50. The predicted molar refractivity (Wildman–Crippen MR) is 165 cm³/mol. The molecule has 0 N–H and O–H groups in total. The maximum Gasteiger partial charge on any atom is 0.319 e. The van der Waals surface area contributed by atoms with E-state index in [2.05, 4.69) is 26.3 Å². The van der Waals surface area contributed by atoms with Crippen molar-refractivity contribution in [3.05, 3.63) is 65.8 Å². The first kappa shape index (κ1) is 27.6. The van der Waals surface area contributed by atoms with E-state index in [-0.39, 0.29) is 45.8 Å². The van der Waals surface area contributed by atoms with Crippen LogP contribution in [0.2, 0.25) is 5.02 Å². The van der Waals surface area contributed by atoms with E-state index in [9.17, 15) is 9.18 Å². The summed E-state index contributed by atoms with van der Waals surface area (Å²) in [6.07, 6.45) is 8.04. The highest BCUT2D eigenvalue weighted by Crippen LogP contribution is 2.43. The van der Waals surface area contributed by atoms with Crippen molar-refractivity contribution in [2.24, 2.45) is 0 Å². The fourth-order valence-corrected chi connectivity index (χ4v) is 8.19. The molecule has 4 aromatic rings. The number of nitrogens with zero attached hydrogens (tertiary/aromatic N) is 6. The zero-order valence-electron chi connectivity index (χ0n) is 24.1. The lowest BCUT2D eigenvalue weighted by Gasteiger charge is -2.47. The molecular formula is C33H31ClF2N6O2. The first-order valence-corrected chi connectivity index (χ1v) is 15.6. The van der Waals surface area contributed by atoms with Gasteiger partial charge < -0.3 is 14.5 Å². The van der Waals surface area contributed by atoms with E-state index in [0.717, 1.165) is 45.2 Å². The second-order valence-electron chi connectivity index (χ2n) is 12.3. The number of rotatable bonds is 6. The number of fused-ring (bicyclic) bond motifs is 4. The molecule has 4 fully saturated rings. The highest BCUT2D eigenvalue weighted by molar-refractivity contribution is 6.36. The zero-order valence-corrected chi connectivity index (χ0v) is 24.9. The van der Waals surface area contributed by atoms with Crippen LogP contribution in [0.4, 0.5) is 14.6 Å². The standard InChI is InChI=1S/C33H31ClF2N6O2/c1-2-25(43)41-15-10-23-24(41)17-42(23)31-21-16-37-29(20-7-3-6-19-8-9-22(35)27(34)26(19)20)28(36)30(21)38-32(39-31)44-18-33-11-4-13-40(33)14-5-12-33/h2-3,6-9,16,23-24H,1,4-5,10-15,17-18H2/t23-,24-/m1/s1. The molecule has 44 heavy (non-hydrogen) atoms. The lowest BCUT2D eigenvalue weighted by molar-refractivity contribution is -0.127. The van der Waals surface area contributed by atoms with Gasteiger partial charge in [0.1, 0.15) is 29.5 Å². The van der Waals surface area contributed by atoms with Crippen LogP contribution in [0.15, 0.2) is 49.2 Å². The van der Waals surface area contributed by atoms with Gasteiger partial charge in [-0.2, -0.15) is 9.97 Å². The molecule has 4 aliphatic heterocycles. The summed E-state index contributed by atoms with van der Waals surface area (Å²) in [6, 6.07) is 8.33. The minimum Gasteiger partial charge on any atom is -0.461 e. The summed E-state index contributed by atoms with van der Waals surface area (Å²) < 4.78 is 37.5. The average molecular weight is 617 g/mol. The monoisotopic (exact) mass is 616 g/mol. The Kier molecular flexibility index (Phi) is 6.50. The Bertz CT molecular complexity index is 1840. The van der Waals surface area contributed by atoms with Crippen molar-refractivity contribution in [3.63, 3.8) is 0 Å². The molecule has 2 aromatic carbocycles. The zero-order chi connectivity index (χ0) is 30.2. The van der Waals surface area contributed by atoms with Gasteiger partial charge in [0.25, 0.3) is 0 Å². The van der Waals surface area contributed by atoms with Crippen LogP contribution in [-0.4, -0.2) is 81.1 Å². The molecule has 0 saturated carbocycles. The van der Waals surface area contributed by atoms with E-state index in [1.165, 1.54) is 12.1 Å². The molecule has 0 bridgehead atoms. The maximum absolute atomic E-state index is 16.7. The van der Waals surface area contributed by atoms with Gasteiger partial charge in [-0.15, -0.1) is 0 Å². The molecule has 0 radical (unpaired) electrons. The van der Waals surface area contributed by atoms with Crippen molar-refractivity contribution in [1.29, 1.82) is 0 Å². The topological polar surface area (TPSA) is 74.7 Å². The third-order valence-corrected chi connectivity index (χ3v) is 10.5. The normalized spacial score (nSPS) is 22.3. The minimum absolute atomic E-state index is 0.0210. The molecule has 0 spiro atoms. The van der Waals surface area contributed by atoms with Gasteiger partial charge in [0, 0.05) is 30.2 Å². The number of amides is 1. The number of hydrogen-bond donors (Lipinski definition) is 0. The number of ether oxygens (including phenoxy) is 1. The quantitative estimate of drug-likeness (QED) is 0.255. The number of carbonyl (C=O) groups is 1. The van der Waals surface area contributed by atoms with Gasteiger partial charge >= 0.3 is 6.01 Å². The Morgan fingerprint density at radius 2 is 1.93 bits per heavy atom. The number of pyridine rings is 1. The number of halogens is 3. The summed E-state index contributed by atoms with van der Waals surface area (Å²) in [4.78, 5) is 32.8. The largest absolute Gasteiger partial charge is 0.461 e. The molecule has 4 aliphatic rings. The molecule has 226 valence electrons. The number of carbonyl (C=O) groups excluding carboxylic acids is 1. The molecule has 4 saturated heterocycles. The Hall–Kier alpha value is -3.89. The van der Waals surface area contributed by atoms with Gasteiger partial charge in [-0.25, -0.2) is 8.78 Å². The van der Waals surface area contributed by atoms with Gasteiger partial charge in [-0.3, -0.25) is 14.7 Å². The van der Waals surface area contributed by atoms with Crippen molar-refractivity contribution in [2.45, 2.75) is 49.7 Å². The lowest BCUT2D eigenvalue weighted by Crippen LogP contribution is -2.63. The molecule has 0 aliphatic carbocycles. The van der Waals surface area contributed by atoms with Crippen LogP contribution in [0, 0.1) is 11.6 Å². The van der Waals surface area contributed by atoms with E-state index < -0.39 is 11.6 Å². The predicted octanol–water partition coefficient (Wildman–Crippen LogP) is 5.76. The van der Waals surface area contributed by atoms with Crippen molar-refractivity contribution < 1.29 is 18.3 Å². The smallest absolute Gasteiger partial charge is 0.319 e. The number of hydrogen-bond acceptors (Lipinski definition) is 7. The molecule has 6 heterocycles. The first-order valence-electron chi connectivity index (χ1n) is 15.2. The van der Waals surface area contributed by atoms with Gasteiger partial charge in [0.15, 0.2) is 5.82 Å². The summed E-state index contributed by atoms with van der Waals surface area (Å²) in [5.74, 6) is -0.801. The van der Waals surface area contributed by atoms with E-state index in [0.29, 0.717) is 47.2 Å². The summed E-state index contributed by atoms with van der Waals surface area (Å²) in [5.41, 5.74) is 0.432. The second kappa shape index (κ2) is 10.3. The fourth-order valence-electron chi connectivity index (χ4n) is 7.91. The summed E-state index contributed by atoms with van der Waals surface area (Å²) in [7, 11) is 0. The van der Waals surface area contributed by atoms with E-state index in [1.807, 2.05) is 4.90 Å². The van der Waals surface area contributed by atoms with Crippen LogP contribution >= 0.6 is 11.6 Å². The van der Waals surface area contributed by atoms with Crippen molar-refractivity contribution in [1.82, 2.24) is 24.8 Å². The molecule has 8 nitrogen and oxygen atoms in total.